The van der Waals surface area contributed by atoms with Crippen molar-refractivity contribution in [3.63, 3.8) is 0 Å². The van der Waals surface area contributed by atoms with Crippen LogP contribution in [0.1, 0.15) is 5.56 Å². The fourth-order valence-electron chi connectivity index (χ4n) is 1.05. The molecular formula is C9H12F3N3S. The van der Waals surface area contributed by atoms with Gasteiger partial charge in [0.2, 0.25) is 0 Å². The minimum Gasteiger partial charge on any atom is -0.387 e. The molecule has 16 heavy (non-hydrogen) atoms. The maximum absolute atomic E-state index is 12.7. The van der Waals surface area contributed by atoms with Crippen LogP contribution in [0.4, 0.5) is 24.7 Å². The van der Waals surface area contributed by atoms with Crippen molar-refractivity contribution in [2.24, 2.45) is 4.36 Å². The minimum atomic E-state index is -4.43. The SMILES string of the molecule is CNc1cnc(N=S(C)C)c(C(F)(F)F)c1. The van der Waals surface area contributed by atoms with Crippen LogP contribution in [0.15, 0.2) is 16.6 Å². The summed E-state index contributed by atoms with van der Waals surface area (Å²) in [6.07, 6.45) is 0.362. The second-order valence-electron chi connectivity index (χ2n) is 3.21. The molecule has 0 bridgehead atoms. The number of nitrogens with zero attached hydrogens (tertiary/aromatic N) is 2. The van der Waals surface area contributed by atoms with Gasteiger partial charge in [-0.25, -0.2) is 9.35 Å². The molecule has 3 nitrogen and oxygen atoms in total. The molecule has 0 unspecified atom stereocenters. The first kappa shape index (κ1) is 13.0. The summed E-state index contributed by atoms with van der Waals surface area (Å²) in [7, 11) is 1.06. The average molecular weight is 251 g/mol. The largest absolute Gasteiger partial charge is 0.420 e. The zero-order valence-corrected chi connectivity index (χ0v) is 9.91. The lowest BCUT2D eigenvalue weighted by molar-refractivity contribution is -0.137. The molecule has 0 aliphatic heterocycles. The first-order chi connectivity index (χ1) is 7.34. The molecule has 0 fully saturated rings. The van der Waals surface area contributed by atoms with E-state index < -0.39 is 22.4 Å². The highest BCUT2D eigenvalue weighted by atomic mass is 32.2. The third-order valence-corrected chi connectivity index (χ3v) is 2.27. The maximum atomic E-state index is 12.7. The average Bonchev–Trinajstić information content (AvgIpc) is 2.15. The highest BCUT2D eigenvalue weighted by Crippen LogP contribution is 2.36. The molecule has 1 heterocycles. The van der Waals surface area contributed by atoms with Gasteiger partial charge in [-0.2, -0.15) is 13.2 Å². The van der Waals surface area contributed by atoms with Crippen molar-refractivity contribution in [3.05, 3.63) is 17.8 Å². The van der Waals surface area contributed by atoms with E-state index >= 15 is 0 Å². The van der Waals surface area contributed by atoms with Crippen LogP contribution >= 0.6 is 0 Å². The fraction of sp³-hybridized carbons (Fsp3) is 0.444. The van der Waals surface area contributed by atoms with Crippen LogP contribution in [0.3, 0.4) is 0 Å². The Kier molecular flexibility index (Phi) is 3.90. The van der Waals surface area contributed by atoms with E-state index in [0.717, 1.165) is 6.07 Å². The van der Waals surface area contributed by atoms with Crippen LogP contribution in [0.5, 0.6) is 0 Å². The van der Waals surface area contributed by atoms with E-state index in [0.29, 0.717) is 5.69 Å². The standard InChI is InChI=1S/C9H12F3N3S/c1-13-6-4-7(9(10,11)12)8(14-5-6)15-16(2)3/h4-5,13H,1-3H3. The summed E-state index contributed by atoms with van der Waals surface area (Å²) in [6, 6.07) is 1.01. The van der Waals surface area contributed by atoms with Gasteiger partial charge in [-0.05, 0) is 18.6 Å². The Hall–Kier alpha value is -1.11. The summed E-state index contributed by atoms with van der Waals surface area (Å²) in [5, 5.41) is 2.62. The molecule has 1 N–H and O–H groups in total. The molecule has 0 radical (unpaired) electrons. The van der Waals surface area contributed by atoms with Gasteiger partial charge < -0.3 is 5.32 Å². The number of nitrogens with one attached hydrogen (secondary N) is 1. The van der Waals surface area contributed by atoms with Crippen molar-refractivity contribution in [1.29, 1.82) is 0 Å². The van der Waals surface area contributed by atoms with Gasteiger partial charge in [0.15, 0.2) is 5.82 Å². The number of hydrogen-bond donors (Lipinski definition) is 1. The smallest absolute Gasteiger partial charge is 0.387 e. The molecule has 0 atom stereocenters. The number of anilines is 1. The zero-order chi connectivity index (χ0) is 12.3. The Bertz CT molecular complexity index is 411. The quantitative estimate of drug-likeness (QED) is 0.877. The van der Waals surface area contributed by atoms with Gasteiger partial charge in [-0.1, -0.05) is 10.7 Å². The Morgan fingerprint density at radius 1 is 1.38 bits per heavy atom. The second-order valence-corrected chi connectivity index (χ2v) is 4.94. The minimum absolute atomic E-state index is 0.250. The monoisotopic (exact) mass is 251 g/mol. The van der Waals surface area contributed by atoms with E-state index in [4.69, 9.17) is 0 Å². The molecule has 1 aromatic rings. The van der Waals surface area contributed by atoms with Crippen LogP contribution in [0.25, 0.3) is 0 Å². The van der Waals surface area contributed by atoms with E-state index in [2.05, 4.69) is 14.7 Å². The van der Waals surface area contributed by atoms with Crippen molar-refractivity contribution in [3.8, 4) is 0 Å². The molecule has 0 aromatic carbocycles. The molecule has 0 amide bonds. The summed E-state index contributed by atoms with van der Waals surface area (Å²) in [4.78, 5) is 3.71. The van der Waals surface area contributed by atoms with Crippen LogP contribution in [0.2, 0.25) is 0 Å². The van der Waals surface area contributed by atoms with Crippen molar-refractivity contribution >= 4 is 22.2 Å². The van der Waals surface area contributed by atoms with E-state index in [9.17, 15) is 13.2 Å². The summed E-state index contributed by atoms with van der Waals surface area (Å²) >= 11 is 0. The van der Waals surface area contributed by atoms with Crippen molar-refractivity contribution in [2.75, 3.05) is 24.9 Å². The fourth-order valence-corrected chi connectivity index (χ4v) is 1.54. The molecule has 0 aliphatic carbocycles. The third kappa shape index (κ3) is 3.19. The number of aromatic nitrogens is 1. The van der Waals surface area contributed by atoms with Crippen LogP contribution < -0.4 is 5.32 Å². The van der Waals surface area contributed by atoms with Gasteiger partial charge in [-0.15, -0.1) is 0 Å². The van der Waals surface area contributed by atoms with Gasteiger partial charge in [0.25, 0.3) is 0 Å². The zero-order valence-electron chi connectivity index (χ0n) is 9.09. The lowest BCUT2D eigenvalue weighted by Crippen LogP contribution is -2.07. The number of hydrogen-bond acceptors (Lipinski definition) is 3. The Balaban J connectivity index is 3.33. The third-order valence-electron chi connectivity index (χ3n) is 1.73. The predicted octanol–water partition coefficient (Wildman–Crippen LogP) is 2.84. The number of alkyl halides is 3. The summed E-state index contributed by atoms with van der Waals surface area (Å²) in [5.74, 6) is -0.250. The van der Waals surface area contributed by atoms with E-state index in [1.807, 2.05) is 0 Å². The Morgan fingerprint density at radius 3 is 2.44 bits per heavy atom. The summed E-state index contributed by atoms with van der Waals surface area (Å²) in [6.45, 7) is 0. The van der Waals surface area contributed by atoms with Crippen LogP contribution in [0, 0.1) is 0 Å². The van der Waals surface area contributed by atoms with Gasteiger partial charge in [0, 0.05) is 7.05 Å². The first-order valence-electron chi connectivity index (χ1n) is 4.39. The summed E-state index contributed by atoms with van der Waals surface area (Å²) < 4.78 is 41.9. The normalized spacial score (nSPS) is 11.7. The molecule has 0 aliphatic rings. The van der Waals surface area contributed by atoms with Crippen molar-refractivity contribution in [1.82, 2.24) is 4.98 Å². The van der Waals surface area contributed by atoms with Crippen LogP contribution in [-0.4, -0.2) is 24.5 Å². The molecule has 1 rings (SSSR count). The number of halogens is 3. The van der Waals surface area contributed by atoms with E-state index in [-0.39, 0.29) is 5.82 Å². The predicted molar refractivity (Wildman–Crippen MR) is 60.1 cm³/mol. The van der Waals surface area contributed by atoms with Gasteiger partial charge in [-0.3, -0.25) is 0 Å². The van der Waals surface area contributed by atoms with Gasteiger partial charge in [0.05, 0.1) is 11.9 Å². The highest BCUT2D eigenvalue weighted by Gasteiger charge is 2.34. The van der Waals surface area contributed by atoms with Crippen molar-refractivity contribution < 1.29 is 13.2 Å². The maximum Gasteiger partial charge on any atom is 0.420 e. The molecule has 1 aromatic heterocycles. The topological polar surface area (TPSA) is 37.3 Å². The van der Waals surface area contributed by atoms with Crippen LogP contribution in [-0.2, 0) is 16.9 Å². The number of pyridine rings is 1. The second kappa shape index (κ2) is 4.82. The molecule has 0 saturated heterocycles. The molecule has 7 heteroatoms. The van der Waals surface area contributed by atoms with Crippen molar-refractivity contribution in [2.45, 2.75) is 6.18 Å². The Labute approximate surface area is 94.2 Å². The number of rotatable bonds is 2. The Morgan fingerprint density at radius 2 is 2.00 bits per heavy atom. The van der Waals surface area contributed by atoms with E-state index in [1.54, 1.807) is 12.5 Å². The molecule has 0 spiro atoms. The van der Waals surface area contributed by atoms with E-state index in [1.165, 1.54) is 13.2 Å². The molecule has 0 saturated carbocycles. The lowest BCUT2D eigenvalue weighted by atomic mass is 10.2. The van der Waals surface area contributed by atoms with Gasteiger partial charge in [0.1, 0.15) is 5.56 Å². The first-order valence-corrected chi connectivity index (χ1v) is 6.39. The lowest BCUT2D eigenvalue weighted by Gasteiger charge is -2.11. The van der Waals surface area contributed by atoms with Gasteiger partial charge >= 0.3 is 6.18 Å². The summed E-state index contributed by atoms with van der Waals surface area (Å²) in [5.41, 5.74) is -0.487. The highest BCUT2D eigenvalue weighted by molar-refractivity contribution is 7.85. The molecule has 90 valence electrons. The molecular weight excluding hydrogens is 239 g/mol.